The summed E-state index contributed by atoms with van der Waals surface area (Å²) >= 11 is 0. The minimum atomic E-state index is -4.41. The predicted molar refractivity (Wildman–Crippen MR) is 205 cm³/mol. The Morgan fingerprint density at radius 3 is 1.97 bits per heavy atom. The number of para-hydroxylation sites is 1. The number of halogens is 5. The molecule has 1 amide bonds. The molecule has 0 saturated carbocycles. The van der Waals surface area contributed by atoms with Crippen molar-refractivity contribution in [2.24, 2.45) is 0 Å². The van der Waals surface area contributed by atoms with Crippen LogP contribution in [0.2, 0.25) is 0 Å². The van der Waals surface area contributed by atoms with Gasteiger partial charge in [0, 0.05) is 26.1 Å². The molecular formula is C42H41F5N4O8. The minimum Gasteiger partial charge on any atom is -0.479 e. The number of amides is 1. The summed E-state index contributed by atoms with van der Waals surface area (Å²) in [5.74, 6) is -5.37. The second-order valence-corrected chi connectivity index (χ2v) is 13.9. The van der Waals surface area contributed by atoms with E-state index in [0.29, 0.717) is 35.4 Å². The van der Waals surface area contributed by atoms with Gasteiger partial charge >= 0.3 is 18.1 Å². The van der Waals surface area contributed by atoms with E-state index in [1.807, 2.05) is 24.3 Å². The highest BCUT2D eigenvalue weighted by Crippen LogP contribution is 2.31. The maximum atomic E-state index is 14.5. The maximum Gasteiger partial charge on any atom is 0.416 e. The number of aryl methyl sites for hydroxylation is 2. The number of fused-ring (bicyclic) bond motifs is 1. The van der Waals surface area contributed by atoms with Crippen LogP contribution in [0.4, 0.5) is 22.0 Å². The van der Waals surface area contributed by atoms with Gasteiger partial charge in [0.05, 0.1) is 16.5 Å². The average Bonchev–Trinajstić information content (AvgIpc) is 3.74. The molecule has 1 fully saturated rings. The third kappa shape index (κ3) is 11.6. The highest BCUT2D eigenvalue weighted by atomic mass is 19.4. The van der Waals surface area contributed by atoms with Gasteiger partial charge in [-0.05, 0) is 84.9 Å². The van der Waals surface area contributed by atoms with Crippen LogP contribution in [0.1, 0.15) is 35.4 Å². The number of aromatic nitrogens is 2. The maximum absolute atomic E-state index is 14.5. The van der Waals surface area contributed by atoms with Crippen LogP contribution < -0.4 is 5.56 Å². The highest BCUT2D eigenvalue weighted by Gasteiger charge is 2.30. The SMILES string of the molecule is O=C(Cn1c(CCc2cccc(F)c2F)nc(=O)c2ccccc21)N(CCN1CCCC1)Cc1ccc(-c2ccc(C(F)(F)F)cc2)cc1.O=C(O)[C@H](O)[C@@H](O)C(=O)O. The first kappa shape index (κ1) is 44.1. The summed E-state index contributed by atoms with van der Waals surface area (Å²) in [6.07, 6.45) is -6.56. The van der Waals surface area contributed by atoms with Crippen molar-refractivity contribution in [2.45, 2.75) is 57.2 Å². The Bertz CT molecular complexity index is 2300. The van der Waals surface area contributed by atoms with Crippen molar-refractivity contribution in [3.8, 4) is 11.1 Å². The van der Waals surface area contributed by atoms with Crippen LogP contribution >= 0.6 is 0 Å². The van der Waals surface area contributed by atoms with Crippen molar-refractivity contribution >= 4 is 28.7 Å². The van der Waals surface area contributed by atoms with Crippen LogP contribution in [0.5, 0.6) is 0 Å². The molecule has 1 aliphatic rings. The Hall–Kier alpha value is -6.04. The zero-order chi connectivity index (χ0) is 42.9. The fourth-order valence-electron chi connectivity index (χ4n) is 6.56. The second kappa shape index (κ2) is 19.6. The fraction of sp³-hybridized carbons (Fsp3) is 0.310. The summed E-state index contributed by atoms with van der Waals surface area (Å²) in [6.45, 7) is 3.21. The number of aliphatic carboxylic acids is 2. The van der Waals surface area contributed by atoms with E-state index in [2.05, 4.69) is 9.88 Å². The Morgan fingerprint density at radius 2 is 1.37 bits per heavy atom. The van der Waals surface area contributed by atoms with Gasteiger partial charge < -0.3 is 34.8 Å². The average molecular weight is 825 g/mol. The molecule has 2 heterocycles. The van der Waals surface area contributed by atoms with E-state index < -0.39 is 53.1 Å². The summed E-state index contributed by atoms with van der Waals surface area (Å²) < 4.78 is 69.2. The predicted octanol–water partition coefficient (Wildman–Crippen LogP) is 5.15. The molecule has 1 aliphatic heterocycles. The molecule has 17 heteroatoms. The lowest BCUT2D eigenvalue weighted by atomic mass is 10.0. The van der Waals surface area contributed by atoms with Gasteiger partial charge in [0.2, 0.25) is 5.91 Å². The largest absolute Gasteiger partial charge is 0.479 e. The number of hydrogen-bond acceptors (Lipinski definition) is 8. The fourth-order valence-corrected chi connectivity index (χ4v) is 6.56. The molecule has 0 radical (unpaired) electrons. The van der Waals surface area contributed by atoms with Gasteiger partial charge in [-0.1, -0.05) is 60.7 Å². The number of rotatable bonds is 14. The zero-order valence-electron chi connectivity index (χ0n) is 31.5. The first-order valence-corrected chi connectivity index (χ1v) is 18.5. The standard InChI is InChI=1S/C38H35F5N4O2.C4H6O6/c39-32-8-5-6-29(36(32)40)16-19-34-44-37(49)31-7-1-2-9-33(31)47(34)25-35(48)46(23-22-45-20-3-4-21-45)24-26-10-12-27(13-11-26)28-14-17-30(18-15-28)38(41,42)43;5-1(3(7)8)2(6)4(9)10/h1-2,5-15,17-18H,3-4,16,19-25H2;1-2,5-6H,(H,7,8)(H,9,10)/t;1-,2-/m.1/s1. The van der Waals surface area contributed by atoms with Gasteiger partial charge in [0.25, 0.3) is 5.56 Å². The van der Waals surface area contributed by atoms with E-state index in [9.17, 15) is 41.1 Å². The van der Waals surface area contributed by atoms with Crippen molar-refractivity contribution < 1.29 is 56.8 Å². The Labute approximate surface area is 334 Å². The molecule has 0 spiro atoms. The number of benzene rings is 4. The Balaban J connectivity index is 0.000000586. The summed E-state index contributed by atoms with van der Waals surface area (Å²) in [5.41, 5.74) is 1.72. The number of aliphatic hydroxyl groups excluding tert-OH is 2. The molecule has 1 aromatic heterocycles. The van der Waals surface area contributed by atoms with Gasteiger partial charge in [0.1, 0.15) is 12.4 Å². The quantitative estimate of drug-likeness (QED) is 0.110. The number of likely N-dealkylation sites (tertiary alicyclic amines) is 1. The van der Waals surface area contributed by atoms with Crippen molar-refractivity contribution in [1.29, 1.82) is 0 Å². The number of carboxylic acid groups (broad SMARTS) is 2. The van der Waals surface area contributed by atoms with Crippen LogP contribution in [0.25, 0.3) is 22.0 Å². The summed E-state index contributed by atoms with van der Waals surface area (Å²) in [4.78, 5) is 55.0. The van der Waals surface area contributed by atoms with E-state index in [4.69, 9.17) is 20.4 Å². The van der Waals surface area contributed by atoms with Crippen molar-refractivity contribution in [3.05, 3.63) is 135 Å². The molecule has 0 aliphatic carbocycles. The van der Waals surface area contributed by atoms with Gasteiger partial charge in [0.15, 0.2) is 23.8 Å². The number of nitrogens with zero attached hydrogens (tertiary/aromatic N) is 4. The first-order chi connectivity index (χ1) is 28.0. The molecule has 2 atom stereocenters. The molecule has 0 unspecified atom stereocenters. The summed E-state index contributed by atoms with van der Waals surface area (Å²) in [7, 11) is 0. The lowest BCUT2D eigenvalue weighted by Gasteiger charge is -2.27. The van der Waals surface area contributed by atoms with Crippen LogP contribution in [-0.4, -0.2) is 96.0 Å². The van der Waals surface area contributed by atoms with E-state index >= 15 is 0 Å². The molecule has 4 N–H and O–H groups in total. The van der Waals surface area contributed by atoms with Crippen molar-refractivity contribution in [1.82, 2.24) is 19.4 Å². The Morgan fingerprint density at radius 1 is 0.780 bits per heavy atom. The van der Waals surface area contributed by atoms with Crippen LogP contribution in [0, 0.1) is 11.6 Å². The van der Waals surface area contributed by atoms with Crippen molar-refractivity contribution in [3.63, 3.8) is 0 Å². The molecule has 12 nitrogen and oxygen atoms in total. The lowest BCUT2D eigenvalue weighted by Crippen LogP contribution is -2.39. The number of hydrogen-bond donors (Lipinski definition) is 4. The monoisotopic (exact) mass is 824 g/mol. The van der Waals surface area contributed by atoms with Gasteiger partial charge in [-0.25, -0.2) is 18.4 Å². The van der Waals surface area contributed by atoms with E-state index in [1.54, 1.807) is 33.7 Å². The number of alkyl halides is 3. The number of carbonyl (C=O) groups is 3. The summed E-state index contributed by atoms with van der Waals surface area (Å²) in [5, 5.41) is 32.9. The molecule has 6 rings (SSSR count). The van der Waals surface area contributed by atoms with Gasteiger partial charge in [-0.2, -0.15) is 18.2 Å². The topological polar surface area (TPSA) is 174 Å². The second-order valence-electron chi connectivity index (χ2n) is 13.9. The summed E-state index contributed by atoms with van der Waals surface area (Å²) in [6, 6.07) is 23.2. The smallest absolute Gasteiger partial charge is 0.416 e. The number of carboxylic acids is 2. The number of aliphatic hydroxyl groups is 2. The third-order valence-corrected chi connectivity index (χ3v) is 9.83. The minimum absolute atomic E-state index is 0.0759. The lowest BCUT2D eigenvalue weighted by molar-refractivity contribution is -0.165. The first-order valence-electron chi connectivity index (χ1n) is 18.5. The molecule has 1 saturated heterocycles. The zero-order valence-corrected chi connectivity index (χ0v) is 31.5. The molecule has 59 heavy (non-hydrogen) atoms. The van der Waals surface area contributed by atoms with Gasteiger partial charge in [-0.3, -0.25) is 9.59 Å². The van der Waals surface area contributed by atoms with E-state index in [0.717, 1.165) is 55.3 Å². The third-order valence-electron chi connectivity index (χ3n) is 9.83. The van der Waals surface area contributed by atoms with E-state index in [1.165, 1.54) is 24.3 Å². The van der Waals surface area contributed by atoms with Gasteiger partial charge in [-0.15, -0.1) is 0 Å². The van der Waals surface area contributed by atoms with Crippen LogP contribution in [0.3, 0.4) is 0 Å². The molecule has 0 bridgehead atoms. The van der Waals surface area contributed by atoms with Crippen LogP contribution in [0.15, 0.2) is 95.8 Å². The van der Waals surface area contributed by atoms with Crippen LogP contribution in [-0.2, 0) is 46.5 Å². The molecule has 312 valence electrons. The normalized spacial score (nSPS) is 14.0. The number of carbonyl (C=O) groups excluding carboxylic acids is 1. The molecule has 4 aromatic carbocycles. The molecular weight excluding hydrogens is 783 g/mol. The molecule has 5 aromatic rings. The van der Waals surface area contributed by atoms with Crippen molar-refractivity contribution in [2.75, 3.05) is 26.2 Å². The van der Waals surface area contributed by atoms with E-state index in [-0.39, 0.29) is 37.4 Å². The Kier molecular flexibility index (Phi) is 14.6. The highest BCUT2D eigenvalue weighted by molar-refractivity contribution is 5.83.